The predicted octanol–water partition coefficient (Wildman–Crippen LogP) is 0.106. The van der Waals surface area contributed by atoms with Gasteiger partial charge in [0, 0.05) is 6.07 Å². The van der Waals surface area contributed by atoms with E-state index in [0.717, 1.165) is 0 Å². The van der Waals surface area contributed by atoms with Gasteiger partial charge in [0.15, 0.2) is 11.5 Å². The van der Waals surface area contributed by atoms with Gasteiger partial charge in [-0.3, -0.25) is 4.79 Å². The Labute approximate surface area is 97.3 Å². The van der Waals surface area contributed by atoms with Gasteiger partial charge in [-0.2, -0.15) is 0 Å². The van der Waals surface area contributed by atoms with Crippen molar-refractivity contribution in [2.24, 2.45) is 5.84 Å². The summed E-state index contributed by atoms with van der Waals surface area (Å²) in [5.74, 6) is 6.23. The van der Waals surface area contributed by atoms with Crippen molar-refractivity contribution in [2.45, 2.75) is 6.42 Å². The van der Waals surface area contributed by atoms with Crippen molar-refractivity contribution in [3.8, 4) is 17.2 Å². The topological polar surface area (TPSA) is 92.0 Å². The molecule has 1 aliphatic rings. The number of nitrogens with two attached hydrogens (primary N) is 1. The molecule has 0 radical (unpaired) electrons. The maximum absolute atomic E-state index is 10.9. The monoisotopic (exact) mass is 240 g/mol. The van der Waals surface area contributed by atoms with E-state index in [1.165, 1.54) is 0 Å². The van der Waals surface area contributed by atoms with Crippen LogP contribution < -0.4 is 25.6 Å². The molecule has 0 fully saturated rings. The first kappa shape index (κ1) is 11.5. The quantitative estimate of drug-likeness (QED) is 0.557. The van der Waals surface area contributed by atoms with Gasteiger partial charge in [0.1, 0.15) is 5.75 Å². The summed E-state index contributed by atoms with van der Waals surface area (Å²) in [5.41, 5.74) is 1.81. The molecule has 0 aliphatic carbocycles. The highest BCUT2D eigenvalue weighted by Crippen LogP contribution is 2.35. The van der Waals surface area contributed by atoms with Crippen LogP contribution in [0.15, 0.2) is 18.2 Å². The van der Waals surface area contributed by atoms with Crippen LogP contribution in [-0.4, -0.2) is 19.4 Å². The van der Waals surface area contributed by atoms with Crippen LogP contribution in [0.3, 0.4) is 0 Å². The Kier molecular flexibility index (Phi) is 3.63. The lowest BCUT2D eigenvalue weighted by Gasteiger charge is -2.06. The van der Waals surface area contributed by atoms with E-state index in [9.17, 15) is 4.79 Å². The molecule has 7 nitrogen and oxygen atoms in total. The molecule has 1 aliphatic heterocycles. The maximum atomic E-state index is 10.9. The van der Waals surface area contributed by atoms with Crippen LogP contribution in [0.2, 0.25) is 0 Å². The zero-order valence-corrected chi connectivity index (χ0v) is 8.97. The van der Waals surface area contributed by atoms with Gasteiger partial charge in [0.05, 0.1) is 13.0 Å². The number of benzene rings is 1. The van der Waals surface area contributed by atoms with Gasteiger partial charge in [-0.25, -0.2) is 5.84 Å². The summed E-state index contributed by atoms with van der Waals surface area (Å²) in [6.45, 7) is 0.410. The second kappa shape index (κ2) is 5.37. The van der Waals surface area contributed by atoms with Crippen molar-refractivity contribution in [2.75, 3.05) is 13.4 Å². The van der Waals surface area contributed by atoms with Crippen LogP contribution in [-0.2, 0) is 9.63 Å². The minimum absolute atomic E-state index is 0.0959. The van der Waals surface area contributed by atoms with Crippen LogP contribution >= 0.6 is 0 Å². The number of hydrogen-bond acceptors (Lipinski definition) is 7. The Hall–Kier alpha value is -1.99. The molecule has 0 spiro atoms. The smallest absolute Gasteiger partial charge is 0.329 e. The highest BCUT2D eigenvalue weighted by atomic mass is 16.7. The van der Waals surface area contributed by atoms with Crippen molar-refractivity contribution in [3.63, 3.8) is 0 Å². The molecular formula is C10H12N2O5. The molecule has 7 heteroatoms. The molecule has 0 atom stereocenters. The highest BCUT2D eigenvalue weighted by Gasteiger charge is 2.13. The zero-order valence-electron chi connectivity index (χ0n) is 8.97. The Morgan fingerprint density at radius 2 is 2.24 bits per heavy atom. The SMILES string of the molecule is NNOC(=O)CCOc1ccc2c(c1)OCO2. The zero-order chi connectivity index (χ0) is 12.1. The number of ether oxygens (including phenoxy) is 3. The second-order valence-electron chi connectivity index (χ2n) is 3.21. The molecule has 0 saturated carbocycles. The van der Waals surface area contributed by atoms with Crippen LogP contribution in [0.25, 0.3) is 0 Å². The summed E-state index contributed by atoms with van der Waals surface area (Å²) in [7, 11) is 0. The highest BCUT2D eigenvalue weighted by molar-refractivity contribution is 5.69. The first-order valence-electron chi connectivity index (χ1n) is 4.97. The number of carbonyl (C=O) groups is 1. The van der Waals surface area contributed by atoms with Crippen LogP contribution in [0.1, 0.15) is 6.42 Å². The van der Waals surface area contributed by atoms with Crippen molar-refractivity contribution in [1.82, 2.24) is 5.59 Å². The second-order valence-corrected chi connectivity index (χ2v) is 3.21. The molecule has 0 aromatic heterocycles. The standard InChI is InChI=1S/C10H12N2O5/c11-12-17-10(13)3-4-14-7-1-2-8-9(5-7)16-6-15-8/h1-2,5,12H,3-4,6,11H2. The lowest BCUT2D eigenvalue weighted by molar-refractivity contribution is -0.151. The Morgan fingerprint density at radius 1 is 1.41 bits per heavy atom. The molecule has 0 unspecified atom stereocenters. The van der Waals surface area contributed by atoms with Gasteiger partial charge in [-0.1, -0.05) is 5.59 Å². The van der Waals surface area contributed by atoms with Gasteiger partial charge < -0.3 is 19.0 Å². The molecule has 92 valence electrons. The molecule has 3 N–H and O–H groups in total. The average Bonchev–Trinajstić information content (AvgIpc) is 2.76. The van der Waals surface area contributed by atoms with Gasteiger partial charge >= 0.3 is 5.97 Å². The summed E-state index contributed by atoms with van der Waals surface area (Å²) < 4.78 is 15.7. The average molecular weight is 240 g/mol. The fraction of sp³-hybridized carbons (Fsp3) is 0.300. The summed E-state index contributed by atoms with van der Waals surface area (Å²) >= 11 is 0. The summed E-state index contributed by atoms with van der Waals surface area (Å²) in [5, 5.41) is 0. The number of carbonyl (C=O) groups excluding carboxylic acids is 1. The van der Waals surface area contributed by atoms with Crippen molar-refractivity contribution < 1.29 is 23.8 Å². The molecule has 2 rings (SSSR count). The van der Waals surface area contributed by atoms with E-state index in [1.54, 1.807) is 18.2 Å². The molecular weight excluding hydrogens is 228 g/mol. The van der Waals surface area contributed by atoms with Gasteiger partial charge in [0.25, 0.3) is 0 Å². The first-order valence-corrected chi connectivity index (χ1v) is 4.97. The van der Waals surface area contributed by atoms with Crippen LogP contribution in [0, 0.1) is 0 Å². The number of fused-ring (bicyclic) bond motifs is 1. The Balaban J connectivity index is 1.81. The van der Waals surface area contributed by atoms with Crippen molar-refractivity contribution >= 4 is 5.97 Å². The van der Waals surface area contributed by atoms with E-state index >= 15 is 0 Å². The molecule has 1 heterocycles. The summed E-state index contributed by atoms with van der Waals surface area (Å²) in [4.78, 5) is 15.2. The lowest BCUT2D eigenvalue weighted by atomic mass is 10.3. The molecule has 0 bridgehead atoms. The van der Waals surface area contributed by atoms with Gasteiger partial charge in [-0.15, -0.1) is 0 Å². The largest absolute Gasteiger partial charge is 0.493 e. The van der Waals surface area contributed by atoms with E-state index in [0.29, 0.717) is 17.2 Å². The van der Waals surface area contributed by atoms with E-state index in [-0.39, 0.29) is 19.8 Å². The van der Waals surface area contributed by atoms with Crippen molar-refractivity contribution in [3.05, 3.63) is 18.2 Å². The molecule has 1 aromatic rings. The van der Waals surface area contributed by atoms with Gasteiger partial charge in [-0.05, 0) is 12.1 Å². The fourth-order valence-corrected chi connectivity index (χ4v) is 1.34. The predicted molar refractivity (Wildman–Crippen MR) is 56.1 cm³/mol. The fourth-order valence-electron chi connectivity index (χ4n) is 1.34. The van der Waals surface area contributed by atoms with E-state index in [1.807, 2.05) is 5.59 Å². The first-order chi connectivity index (χ1) is 8.29. The third-order valence-corrected chi connectivity index (χ3v) is 2.09. The van der Waals surface area contributed by atoms with Crippen molar-refractivity contribution in [1.29, 1.82) is 0 Å². The third-order valence-electron chi connectivity index (χ3n) is 2.09. The van der Waals surface area contributed by atoms with Crippen LogP contribution in [0.5, 0.6) is 17.2 Å². The Bertz CT molecular complexity index is 410. The normalized spacial score (nSPS) is 12.3. The van der Waals surface area contributed by atoms with E-state index in [2.05, 4.69) is 4.84 Å². The molecule has 1 aromatic carbocycles. The Morgan fingerprint density at radius 3 is 3.06 bits per heavy atom. The minimum atomic E-state index is -0.492. The van der Waals surface area contributed by atoms with E-state index in [4.69, 9.17) is 20.1 Å². The third kappa shape index (κ3) is 2.99. The molecule has 0 saturated heterocycles. The van der Waals surface area contributed by atoms with Gasteiger partial charge in [0.2, 0.25) is 6.79 Å². The number of nitrogens with one attached hydrogen (secondary N) is 1. The summed E-state index contributed by atoms with van der Waals surface area (Å²) in [6.07, 6.45) is 0.0959. The molecule has 17 heavy (non-hydrogen) atoms. The number of rotatable bonds is 5. The van der Waals surface area contributed by atoms with Crippen LogP contribution in [0.4, 0.5) is 0 Å². The minimum Gasteiger partial charge on any atom is -0.493 e. The molecule has 0 amide bonds. The lowest BCUT2D eigenvalue weighted by Crippen LogP contribution is -2.26. The summed E-state index contributed by atoms with van der Waals surface area (Å²) in [6, 6.07) is 5.19. The maximum Gasteiger partial charge on any atom is 0.329 e. The number of hydrazine groups is 1. The van der Waals surface area contributed by atoms with E-state index < -0.39 is 5.97 Å². The number of hydrogen-bond donors (Lipinski definition) is 2.